The molecule has 0 aliphatic rings. The van der Waals surface area contributed by atoms with E-state index in [2.05, 4.69) is 5.32 Å². The van der Waals surface area contributed by atoms with E-state index in [9.17, 15) is 14.0 Å². The number of ketones is 1. The lowest BCUT2D eigenvalue weighted by atomic mass is 10.0. The molecule has 29 heavy (non-hydrogen) atoms. The Balaban J connectivity index is 1.78. The zero-order valence-electron chi connectivity index (χ0n) is 16.0. The van der Waals surface area contributed by atoms with Crippen molar-refractivity contribution in [3.05, 3.63) is 101 Å². The number of fused-ring (bicyclic) bond motifs is 1. The van der Waals surface area contributed by atoms with E-state index >= 15 is 0 Å². The number of benzene rings is 3. The standard InChI is InChI=1S/C24H18FNO3/c1-14-7-10-16(11-8-14)24(28)26-21-18-5-3-4-6-20(18)29-23(21)22(27)17-12-9-15(2)19(25)13-17/h3-13H,1-2H3,(H,26,28). The summed E-state index contributed by atoms with van der Waals surface area (Å²) in [6.07, 6.45) is 0. The van der Waals surface area contributed by atoms with Crippen LogP contribution >= 0.6 is 0 Å². The number of carbonyl (C=O) groups excluding carboxylic acids is 2. The minimum Gasteiger partial charge on any atom is -0.450 e. The van der Waals surface area contributed by atoms with Crippen LogP contribution in [-0.2, 0) is 0 Å². The van der Waals surface area contributed by atoms with Gasteiger partial charge in [0.15, 0.2) is 5.76 Å². The molecule has 0 unspecified atom stereocenters. The van der Waals surface area contributed by atoms with Crippen molar-refractivity contribution in [2.45, 2.75) is 13.8 Å². The fraction of sp³-hybridized carbons (Fsp3) is 0.0833. The molecule has 4 rings (SSSR count). The Kier molecular flexibility index (Phi) is 4.72. The van der Waals surface area contributed by atoms with Gasteiger partial charge in [0.2, 0.25) is 5.78 Å². The third kappa shape index (κ3) is 3.55. The molecule has 0 saturated heterocycles. The molecule has 1 aromatic heterocycles. The second-order valence-corrected chi connectivity index (χ2v) is 6.92. The van der Waals surface area contributed by atoms with Gasteiger partial charge in [0.05, 0.1) is 5.69 Å². The number of furan rings is 1. The minimum atomic E-state index is -0.501. The van der Waals surface area contributed by atoms with Gasteiger partial charge in [-0.3, -0.25) is 9.59 Å². The number of anilines is 1. The van der Waals surface area contributed by atoms with Gasteiger partial charge in [-0.05, 0) is 49.7 Å². The van der Waals surface area contributed by atoms with E-state index in [-0.39, 0.29) is 22.9 Å². The van der Waals surface area contributed by atoms with Crippen molar-refractivity contribution in [3.8, 4) is 0 Å². The van der Waals surface area contributed by atoms with Crippen LogP contribution in [0.5, 0.6) is 0 Å². The molecule has 1 heterocycles. The van der Waals surface area contributed by atoms with Crippen LogP contribution in [0, 0.1) is 19.7 Å². The fourth-order valence-electron chi connectivity index (χ4n) is 3.09. The molecule has 4 nitrogen and oxygen atoms in total. The van der Waals surface area contributed by atoms with Crippen molar-refractivity contribution in [1.82, 2.24) is 0 Å². The van der Waals surface area contributed by atoms with Gasteiger partial charge in [0.1, 0.15) is 11.4 Å². The normalized spacial score (nSPS) is 10.9. The van der Waals surface area contributed by atoms with Crippen molar-refractivity contribution < 1.29 is 18.4 Å². The Morgan fingerprint density at radius 3 is 2.31 bits per heavy atom. The first kappa shape index (κ1) is 18.6. The zero-order valence-corrected chi connectivity index (χ0v) is 16.0. The maximum absolute atomic E-state index is 14.0. The van der Waals surface area contributed by atoms with E-state index in [1.807, 2.05) is 19.1 Å². The summed E-state index contributed by atoms with van der Waals surface area (Å²) in [6, 6.07) is 18.4. The summed E-state index contributed by atoms with van der Waals surface area (Å²) < 4.78 is 19.7. The second-order valence-electron chi connectivity index (χ2n) is 6.92. The SMILES string of the molecule is Cc1ccc(C(=O)Nc2c(C(=O)c3ccc(C)c(F)c3)oc3ccccc23)cc1. The van der Waals surface area contributed by atoms with E-state index < -0.39 is 11.6 Å². The van der Waals surface area contributed by atoms with Gasteiger partial charge in [-0.2, -0.15) is 0 Å². The first-order valence-corrected chi connectivity index (χ1v) is 9.14. The molecule has 3 aromatic carbocycles. The Morgan fingerprint density at radius 2 is 1.59 bits per heavy atom. The predicted octanol–water partition coefficient (Wildman–Crippen LogP) is 5.67. The molecule has 1 amide bonds. The summed E-state index contributed by atoms with van der Waals surface area (Å²) in [5, 5.41) is 3.40. The highest BCUT2D eigenvalue weighted by Gasteiger charge is 2.24. The Morgan fingerprint density at radius 1 is 0.897 bits per heavy atom. The molecule has 0 spiro atoms. The van der Waals surface area contributed by atoms with E-state index in [0.29, 0.717) is 22.1 Å². The molecule has 144 valence electrons. The third-order valence-electron chi connectivity index (χ3n) is 4.79. The van der Waals surface area contributed by atoms with E-state index in [0.717, 1.165) is 5.56 Å². The molecular formula is C24H18FNO3. The monoisotopic (exact) mass is 387 g/mol. The molecule has 0 radical (unpaired) electrons. The van der Waals surface area contributed by atoms with Crippen LogP contribution in [-0.4, -0.2) is 11.7 Å². The topological polar surface area (TPSA) is 59.3 Å². The summed E-state index contributed by atoms with van der Waals surface area (Å²) in [7, 11) is 0. The Labute approximate surface area is 167 Å². The summed E-state index contributed by atoms with van der Waals surface area (Å²) >= 11 is 0. The van der Waals surface area contributed by atoms with Crippen molar-refractivity contribution in [2.24, 2.45) is 0 Å². The van der Waals surface area contributed by atoms with Gasteiger partial charge in [-0.1, -0.05) is 42.0 Å². The van der Waals surface area contributed by atoms with Crippen LogP contribution in [0.25, 0.3) is 11.0 Å². The summed E-state index contributed by atoms with van der Waals surface area (Å²) in [5.41, 5.74) is 2.82. The lowest BCUT2D eigenvalue weighted by Crippen LogP contribution is -2.14. The first-order chi connectivity index (χ1) is 13.9. The number of amides is 1. The highest BCUT2D eigenvalue weighted by atomic mass is 19.1. The number of hydrogen-bond donors (Lipinski definition) is 1. The lowest BCUT2D eigenvalue weighted by Gasteiger charge is -2.07. The molecule has 0 aliphatic carbocycles. The average molecular weight is 387 g/mol. The predicted molar refractivity (Wildman–Crippen MR) is 110 cm³/mol. The van der Waals surface area contributed by atoms with Crippen LogP contribution in [0.3, 0.4) is 0 Å². The second kappa shape index (κ2) is 7.36. The number of rotatable bonds is 4. The van der Waals surface area contributed by atoms with E-state index in [1.165, 1.54) is 12.1 Å². The van der Waals surface area contributed by atoms with Crippen LogP contribution in [0.2, 0.25) is 0 Å². The van der Waals surface area contributed by atoms with Crippen LogP contribution in [0.1, 0.15) is 37.6 Å². The summed E-state index contributed by atoms with van der Waals surface area (Å²) in [6.45, 7) is 3.56. The van der Waals surface area contributed by atoms with Crippen molar-refractivity contribution in [1.29, 1.82) is 0 Å². The van der Waals surface area contributed by atoms with Gasteiger partial charge in [-0.25, -0.2) is 4.39 Å². The number of nitrogens with one attached hydrogen (secondary N) is 1. The number of halogens is 1. The van der Waals surface area contributed by atoms with E-state index in [1.54, 1.807) is 49.4 Å². The van der Waals surface area contributed by atoms with Crippen LogP contribution in [0.4, 0.5) is 10.1 Å². The maximum Gasteiger partial charge on any atom is 0.255 e. The van der Waals surface area contributed by atoms with Crippen LogP contribution < -0.4 is 5.32 Å². The molecule has 0 aliphatic heterocycles. The van der Waals surface area contributed by atoms with Gasteiger partial charge < -0.3 is 9.73 Å². The molecular weight excluding hydrogens is 369 g/mol. The number of para-hydroxylation sites is 1. The minimum absolute atomic E-state index is 0.0325. The summed E-state index contributed by atoms with van der Waals surface area (Å²) in [5.74, 6) is -1.37. The average Bonchev–Trinajstić information content (AvgIpc) is 3.08. The largest absolute Gasteiger partial charge is 0.450 e. The van der Waals surface area contributed by atoms with Gasteiger partial charge in [0.25, 0.3) is 5.91 Å². The third-order valence-corrected chi connectivity index (χ3v) is 4.79. The fourth-order valence-corrected chi connectivity index (χ4v) is 3.09. The van der Waals surface area contributed by atoms with Crippen molar-refractivity contribution >= 4 is 28.3 Å². The van der Waals surface area contributed by atoms with E-state index in [4.69, 9.17) is 4.42 Å². The van der Waals surface area contributed by atoms with Gasteiger partial charge in [-0.15, -0.1) is 0 Å². The lowest BCUT2D eigenvalue weighted by molar-refractivity contribution is 0.101. The molecule has 1 N–H and O–H groups in total. The Hall–Kier alpha value is -3.73. The van der Waals surface area contributed by atoms with Gasteiger partial charge in [0, 0.05) is 16.5 Å². The number of carbonyl (C=O) groups is 2. The maximum atomic E-state index is 14.0. The Bertz CT molecular complexity index is 1240. The molecule has 5 heteroatoms. The molecule has 0 bridgehead atoms. The highest BCUT2D eigenvalue weighted by molar-refractivity contribution is 6.18. The molecule has 0 atom stereocenters. The van der Waals surface area contributed by atoms with Crippen molar-refractivity contribution in [3.63, 3.8) is 0 Å². The van der Waals surface area contributed by atoms with Crippen molar-refractivity contribution in [2.75, 3.05) is 5.32 Å². The zero-order chi connectivity index (χ0) is 20.5. The van der Waals surface area contributed by atoms with Crippen LogP contribution in [0.15, 0.2) is 71.1 Å². The molecule has 4 aromatic rings. The highest BCUT2D eigenvalue weighted by Crippen LogP contribution is 2.33. The quantitative estimate of drug-likeness (QED) is 0.459. The molecule has 0 saturated carbocycles. The number of aryl methyl sites for hydroxylation is 2. The molecule has 0 fully saturated rings. The summed E-state index contributed by atoms with van der Waals surface area (Å²) in [4.78, 5) is 25.8. The number of hydrogen-bond acceptors (Lipinski definition) is 3. The first-order valence-electron chi connectivity index (χ1n) is 9.14. The van der Waals surface area contributed by atoms with Gasteiger partial charge >= 0.3 is 0 Å². The smallest absolute Gasteiger partial charge is 0.255 e.